The minimum Gasteiger partial charge on any atom is -0.378 e. The molecule has 11 heavy (non-hydrogen) atoms. The molecule has 1 aliphatic rings. The van der Waals surface area contributed by atoms with Crippen molar-refractivity contribution in [2.24, 2.45) is 0 Å². The number of rotatable bonds is 3. The van der Waals surface area contributed by atoms with Crippen LogP contribution >= 0.6 is 0 Å². The van der Waals surface area contributed by atoms with Crippen LogP contribution in [0.4, 0.5) is 0 Å². The van der Waals surface area contributed by atoms with Gasteiger partial charge in [0.1, 0.15) is 0 Å². The SMILES string of the molecule is C[C](C)CC=CN1CCCC1. The Balaban J connectivity index is 2.12. The van der Waals surface area contributed by atoms with Gasteiger partial charge < -0.3 is 4.90 Å². The second kappa shape index (κ2) is 4.42. The van der Waals surface area contributed by atoms with Crippen molar-refractivity contribution in [3.05, 3.63) is 18.2 Å². The summed E-state index contributed by atoms with van der Waals surface area (Å²) < 4.78 is 0. The third kappa shape index (κ3) is 3.45. The lowest BCUT2D eigenvalue weighted by Crippen LogP contribution is -2.10. The Hall–Kier alpha value is -0.460. The normalized spacial score (nSPS) is 19.0. The second-order valence-electron chi connectivity index (χ2n) is 3.54. The Labute approximate surface area is 70.1 Å². The number of nitrogens with zero attached hydrogens (tertiary/aromatic N) is 1. The van der Waals surface area contributed by atoms with Crippen LogP contribution in [0.1, 0.15) is 33.1 Å². The summed E-state index contributed by atoms with van der Waals surface area (Å²) in [6.45, 7) is 6.88. The molecule has 0 aromatic heterocycles. The topological polar surface area (TPSA) is 3.24 Å². The Morgan fingerprint density at radius 3 is 2.45 bits per heavy atom. The van der Waals surface area contributed by atoms with Gasteiger partial charge in [0.25, 0.3) is 0 Å². The minimum atomic E-state index is 1.14. The minimum absolute atomic E-state index is 1.14. The average molecular weight is 152 g/mol. The van der Waals surface area contributed by atoms with E-state index in [4.69, 9.17) is 0 Å². The molecule has 0 amide bonds. The highest BCUT2D eigenvalue weighted by atomic mass is 15.1. The van der Waals surface area contributed by atoms with E-state index in [9.17, 15) is 0 Å². The van der Waals surface area contributed by atoms with E-state index in [0.29, 0.717) is 0 Å². The molecule has 1 saturated heterocycles. The van der Waals surface area contributed by atoms with Crippen molar-refractivity contribution < 1.29 is 0 Å². The average Bonchev–Trinajstić information content (AvgIpc) is 2.39. The molecule has 1 heteroatoms. The van der Waals surface area contributed by atoms with E-state index in [1.807, 2.05) is 0 Å². The van der Waals surface area contributed by atoms with Gasteiger partial charge in [-0.05, 0) is 31.4 Å². The van der Waals surface area contributed by atoms with Crippen LogP contribution in [0.25, 0.3) is 0 Å². The van der Waals surface area contributed by atoms with Crippen LogP contribution in [-0.4, -0.2) is 18.0 Å². The highest BCUT2D eigenvalue weighted by molar-refractivity contribution is 4.93. The molecule has 1 aliphatic heterocycles. The highest BCUT2D eigenvalue weighted by Gasteiger charge is 2.05. The maximum atomic E-state index is 2.41. The molecule has 63 valence electrons. The molecule has 0 saturated carbocycles. The van der Waals surface area contributed by atoms with Crippen molar-refractivity contribution in [3.8, 4) is 0 Å². The molecule has 0 bridgehead atoms. The van der Waals surface area contributed by atoms with Crippen molar-refractivity contribution in [1.29, 1.82) is 0 Å². The molecule has 1 fully saturated rings. The van der Waals surface area contributed by atoms with Crippen molar-refractivity contribution >= 4 is 0 Å². The zero-order chi connectivity index (χ0) is 8.10. The van der Waals surface area contributed by atoms with E-state index in [1.54, 1.807) is 0 Å². The standard InChI is InChI=1S/C10H18N/c1-10(2)6-5-9-11-7-3-4-8-11/h5,9H,3-4,6-8H2,1-2H3. The van der Waals surface area contributed by atoms with E-state index in [-0.39, 0.29) is 0 Å². The predicted molar refractivity (Wildman–Crippen MR) is 49.2 cm³/mol. The maximum absolute atomic E-state index is 2.41. The Bertz CT molecular complexity index is 121. The first-order chi connectivity index (χ1) is 5.29. The maximum Gasteiger partial charge on any atom is 0.0173 e. The first-order valence-corrected chi connectivity index (χ1v) is 4.49. The molecule has 1 nitrogen and oxygen atoms in total. The number of likely N-dealkylation sites (tertiary alicyclic amines) is 1. The molecule has 0 aliphatic carbocycles. The summed E-state index contributed by atoms with van der Waals surface area (Å²) in [5.74, 6) is 1.49. The van der Waals surface area contributed by atoms with Crippen molar-refractivity contribution in [3.63, 3.8) is 0 Å². The first kappa shape index (κ1) is 8.63. The predicted octanol–water partition coefficient (Wildman–Crippen LogP) is 2.60. The monoisotopic (exact) mass is 152 g/mol. The third-order valence-electron chi connectivity index (χ3n) is 1.98. The van der Waals surface area contributed by atoms with Crippen molar-refractivity contribution in [1.82, 2.24) is 4.90 Å². The van der Waals surface area contributed by atoms with E-state index < -0.39 is 0 Å². The lowest BCUT2D eigenvalue weighted by molar-refractivity contribution is 0.466. The molecule has 0 unspecified atom stereocenters. The molecular formula is C10H18N. The van der Waals surface area contributed by atoms with E-state index >= 15 is 0 Å². The fourth-order valence-electron chi connectivity index (χ4n) is 1.33. The summed E-state index contributed by atoms with van der Waals surface area (Å²) in [6, 6.07) is 0. The lowest BCUT2D eigenvalue weighted by Gasteiger charge is -2.10. The zero-order valence-electron chi connectivity index (χ0n) is 7.64. The van der Waals surface area contributed by atoms with Gasteiger partial charge in [-0.15, -0.1) is 0 Å². The Morgan fingerprint density at radius 2 is 1.91 bits per heavy atom. The molecule has 1 rings (SSSR count). The highest BCUT2D eigenvalue weighted by Crippen LogP contribution is 2.09. The van der Waals surface area contributed by atoms with Crippen LogP contribution in [0.5, 0.6) is 0 Å². The molecule has 0 spiro atoms. The molecule has 1 heterocycles. The van der Waals surface area contributed by atoms with Crippen LogP contribution in [0.15, 0.2) is 12.3 Å². The van der Waals surface area contributed by atoms with Crippen LogP contribution in [0.2, 0.25) is 0 Å². The van der Waals surface area contributed by atoms with Crippen LogP contribution in [0.3, 0.4) is 0 Å². The lowest BCUT2D eigenvalue weighted by atomic mass is 10.1. The van der Waals surface area contributed by atoms with Crippen molar-refractivity contribution in [2.45, 2.75) is 33.1 Å². The van der Waals surface area contributed by atoms with Crippen molar-refractivity contribution in [2.75, 3.05) is 13.1 Å². The van der Waals surface area contributed by atoms with Crippen LogP contribution in [-0.2, 0) is 0 Å². The van der Waals surface area contributed by atoms with E-state index in [1.165, 1.54) is 31.8 Å². The second-order valence-corrected chi connectivity index (χ2v) is 3.54. The first-order valence-electron chi connectivity index (χ1n) is 4.49. The summed E-state index contributed by atoms with van der Waals surface area (Å²) in [6.07, 6.45) is 8.40. The molecule has 0 aromatic carbocycles. The smallest absolute Gasteiger partial charge is 0.0173 e. The summed E-state index contributed by atoms with van der Waals surface area (Å²) in [5.41, 5.74) is 0. The van der Waals surface area contributed by atoms with E-state index in [2.05, 4.69) is 31.0 Å². The van der Waals surface area contributed by atoms with E-state index in [0.717, 1.165) is 6.42 Å². The summed E-state index contributed by atoms with van der Waals surface area (Å²) in [5, 5.41) is 0. The van der Waals surface area contributed by atoms with Gasteiger partial charge in [-0.1, -0.05) is 19.9 Å². The van der Waals surface area contributed by atoms with Gasteiger partial charge in [-0.2, -0.15) is 0 Å². The number of hydrogen-bond donors (Lipinski definition) is 0. The summed E-state index contributed by atoms with van der Waals surface area (Å²) in [7, 11) is 0. The van der Waals surface area contributed by atoms with Crippen LogP contribution < -0.4 is 0 Å². The largest absolute Gasteiger partial charge is 0.378 e. The molecule has 1 radical (unpaired) electrons. The van der Waals surface area contributed by atoms with Gasteiger partial charge >= 0.3 is 0 Å². The van der Waals surface area contributed by atoms with Gasteiger partial charge in [-0.25, -0.2) is 0 Å². The Kier molecular flexibility index (Phi) is 3.47. The number of hydrogen-bond acceptors (Lipinski definition) is 1. The molecule has 0 N–H and O–H groups in total. The van der Waals surface area contributed by atoms with Gasteiger partial charge in [0.15, 0.2) is 0 Å². The number of allylic oxidation sites excluding steroid dienone is 1. The van der Waals surface area contributed by atoms with Gasteiger partial charge in [0.05, 0.1) is 0 Å². The summed E-state index contributed by atoms with van der Waals surface area (Å²) >= 11 is 0. The van der Waals surface area contributed by atoms with Crippen LogP contribution in [0, 0.1) is 5.92 Å². The fourth-order valence-corrected chi connectivity index (χ4v) is 1.33. The summed E-state index contributed by atoms with van der Waals surface area (Å²) in [4.78, 5) is 2.41. The third-order valence-corrected chi connectivity index (χ3v) is 1.98. The Morgan fingerprint density at radius 1 is 1.27 bits per heavy atom. The van der Waals surface area contributed by atoms with Gasteiger partial charge in [0, 0.05) is 13.1 Å². The fraction of sp³-hybridized carbons (Fsp3) is 0.700. The molecular weight excluding hydrogens is 134 g/mol. The van der Waals surface area contributed by atoms with Gasteiger partial charge in [-0.3, -0.25) is 0 Å². The van der Waals surface area contributed by atoms with Gasteiger partial charge in [0.2, 0.25) is 0 Å². The molecule has 0 aromatic rings. The molecule has 0 atom stereocenters. The zero-order valence-corrected chi connectivity index (χ0v) is 7.64. The quantitative estimate of drug-likeness (QED) is 0.601.